The van der Waals surface area contributed by atoms with E-state index in [2.05, 4.69) is 20.2 Å². The lowest BCUT2D eigenvalue weighted by molar-refractivity contribution is 0.0938. The van der Waals surface area contributed by atoms with Gasteiger partial charge in [0.15, 0.2) is 24.0 Å². The second-order valence-corrected chi connectivity index (χ2v) is 11.2. The molecule has 0 radical (unpaired) electrons. The van der Waals surface area contributed by atoms with Crippen molar-refractivity contribution in [2.45, 2.75) is 62.5 Å². The van der Waals surface area contributed by atoms with Crippen LogP contribution in [-0.2, 0) is 0 Å². The Kier molecular flexibility index (Phi) is 6.51. The molecule has 2 fully saturated rings. The monoisotopic (exact) mass is 578 g/mol. The Bertz CT molecular complexity index is 1520. The number of carbonyl (C=O) groups is 2. The van der Waals surface area contributed by atoms with Crippen LogP contribution >= 0.6 is 0 Å². The average molecular weight is 579 g/mol. The number of benzene rings is 2. The Morgan fingerprint density at radius 1 is 0.595 bits per heavy atom. The Balaban J connectivity index is 0.000000137. The van der Waals surface area contributed by atoms with Gasteiger partial charge in [0.25, 0.3) is 0 Å². The van der Waals surface area contributed by atoms with Crippen LogP contribution in [0, 0.1) is 11.8 Å². The number of nitrogens with zero attached hydrogens (tertiary/aromatic N) is 6. The fourth-order valence-electron chi connectivity index (χ4n) is 5.68. The summed E-state index contributed by atoms with van der Waals surface area (Å²) in [4.78, 5) is 32.0. The molecule has 12 heteroatoms. The molecule has 8 atom stereocenters. The normalized spacial score (nSPS) is 30.2. The molecule has 0 N–H and O–H groups in total. The fourth-order valence-corrected chi connectivity index (χ4v) is 5.68. The molecule has 42 heavy (non-hydrogen) atoms. The zero-order valence-electron chi connectivity index (χ0n) is 22.2. The van der Waals surface area contributed by atoms with Crippen LogP contribution < -0.4 is 0 Å². The number of ketones is 2. The first-order chi connectivity index (χ1) is 20.3. The largest absolute Gasteiger partial charge is 0.290 e. The van der Waals surface area contributed by atoms with E-state index in [9.17, 15) is 27.2 Å². The van der Waals surface area contributed by atoms with Crippen molar-refractivity contribution in [1.82, 2.24) is 29.5 Å². The molecule has 2 saturated carbocycles. The van der Waals surface area contributed by atoms with Gasteiger partial charge in [-0.05, 0) is 24.0 Å². The summed E-state index contributed by atoms with van der Waals surface area (Å²) in [6.45, 7) is 0. The number of aromatic nitrogens is 6. The molecule has 4 aliphatic rings. The van der Waals surface area contributed by atoms with Crippen molar-refractivity contribution in [3.8, 4) is 0 Å². The van der Waals surface area contributed by atoms with Gasteiger partial charge in [-0.2, -0.15) is 0 Å². The minimum atomic E-state index is -1.25. The third-order valence-electron chi connectivity index (χ3n) is 8.23. The van der Waals surface area contributed by atoms with Gasteiger partial charge in [-0.1, -0.05) is 60.7 Å². The summed E-state index contributed by atoms with van der Waals surface area (Å²) in [5.74, 6) is -1.88. The van der Waals surface area contributed by atoms with E-state index in [-0.39, 0.29) is 61.1 Å². The second kappa shape index (κ2) is 10.2. The van der Waals surface area contributed by atoms with Crippen molar-refractivity contribution in [2.24, 2.45) is 11.8 Å². The quantitative estimate of drug-likeness (QED) is 0.217. The minimum Gasteiger partial charge on any atom is -0.290 e. The first kappa shape index (κ1) is 26.7. The van der Waals surface area contributed by atoms with Crippen LogP contribution in [0.3, 0.4) is 0 Å². The average Bonchev–Trinajstić information content (AvgIpc) is 3.63. The van der Waals surface area contributed by atoms with Gasteiger partial charge in [0.2, 0.25) is 23.2 Å². The van der Waals surface area contributed by atoms with Gasteiger partial charge in [0.1, 0.15) is 12.3 Å². The first-order valence-electron chi connectivity index (χ1n) is 14.0. The highest BCUT2D eigenvalue weighted by Crippen LogP contribution is 2.42. The standard InChI is InChI=1S/2C15H13F2N3O/c2*16-10-6-9(10)13(21)14-18-15-11(17)7-12(20(15)19-14)8-4-2-1-3-5-8/h2*1-5,9-12H,6-7H2/t9-,10+,11+,12+;9-,10+,11-,12-/m10/s1. The highest BCUT2D eigenvalue weighted by Gasteiger charge is 2.47. The van der Waals surface area contributed by atoms with E-state index >= 15 is 0 Å². The van der Waals surface area contributed by atoms with Crippen molar-refractivity contribution in [3.63, 3.8) is 0 Å². The molecule has 0 unspecified atom stereocenters. The molecule has 4 aromatic rings. The predicted octanol–water partition coefficient (Wildman–Crippen LogP) is 5.65. The van der Waals surface area contributed by atoms with Gasteiger partial charge in [0, 0.05) is 12.8 Å². The predicted molar refractivity (Wildman–Crippen MR) is 141 cm³/mol. The number of Topliss-reactive ketones (excluding diaryl/α,β-unsaturated/α-hetero) is 2. The van der Waals surface area contributed by atoms with Crippen LogP contribution in [0.15, 0.2) is 60.7 Å². The Hall–Kier alpha value is -4.22. The van der Waals surface area contributed by atoms with Gasteiger partial charge in [-0.15, -0.1) is 10.2 Å². The Labute approximate surface area is 237 Å². The van der Waals surface area contributed by atoms with E-state index in [0.29, 0.717) is 0 Å². The molecule has 0 saturated heterocycles. The van der Waals surface area contributed by atoms with Gasteiger partial charge in [-0.3, -0.25) is 9.59 Å². The smallest absolute Gasteiger partial charge is 0.218 e. The molecule has 0 spiro atoms. The van der Waals surface area contributed by atoms with Gasteiger partial charge in [-0.25, -0.2) is 36.9 Å². The second-order valence-electron chi connectivity index (χ2n) is 11.2. The van der Waals surface area contributed by atoms with Crippen LogP contribution in [0.2, 0.25) is 0 Å². The van der Waals surface area contributed by atoms with Crippen molar-refractivity contribution >= 4 is 11.6 Å². The van der Waals surface area contributed by atoms with Gasteiger partial charge < -0.3 is 0 Å². The van der Waals surface area contributed by atoms with E-state index < -0.39 is 48.1 Å². The zero-order chi connectivity index (χ0) is 29.1. The third kappa shape index (κ3) is 4.72. The van der Waals surface area contributed by atoms with Crippen molar-refractivity contribution < 1.29 is 27.2 Å². The highest BCUT2D eigenvalue weighted by atomic mass is 19.1. The number of carbonyl (C=O) groups excluding carboxylic acids is 2. The van der Waals surface area contributed by atoms with Crippen molar-refractivity contribution in [1.29, 1.82) is 0 Å². The molecule has 2 aromatic heterocycles. The van der Waals surface area contributed by atoms with E-state index in [1.807, 2.05) is 60.7 Å². The molecule has 0 bridgehead atoms. The van der Waals surface area contributed by atoms with E-state index in [0.717, 1.165) is 11.1 Å². The number of halogens is 4. The highest BCUT2D eigenvalue weighted by molar-refractivity contribution is 5.97. The number of rotatable bonds is 6. The maximum absolute atomic E-state index is 14.1. The molecule has 216 valence electrons. The van der Waals surface area contributed by atoms with Crippen LogP contribution in [-0.4, -0.2) is 53.4 Å². The van der Waals surface area contributed by atoms with E-state index in [1.54, 1.807) is 0 Å². The number of alkyl halides is 4. The summed E-state index contributed by atoms with van der Waals surface area (Å²) in [5, 5.41) is 8.29. The molecule has 8 nitrogen and oxygen atoms in total. The number of hydrogen-bond acceptors (Lipinski definition) is 6. The summed E-state index contributed by atoms with van der Waals surface area (Å²) >= 11 is 0. The lowest BCUT2D eigenvalue weighted by Gasteiger charge is -2.11. The summed E-state index contributed by atoms with van der Waals surface area (Å²) in [6, 6.07) is 18.3. The number of hydrogen-bond donors (Lipinski definition) is 0. The van der Waals surface area contributed by atoms with E-state index in [4.69, 9.17) is 0 Å². The molecule has 2 aliphatic carbocycles. The summed E-state index contributed by atoms with van der Waals surface area (Å²) < 4.78 is 57.1. The zero-order valence-corrected chi connectivity index (χ0v) is 22.2. The number of fused-ring (bicyclic) bond motifs is 2. The van der Waals surface area contributed by atoms with Gasteiger partial charge in [0.05, 0.1) is 23.9 Å². The summed E-state index contributed by atoms with van der Waals surface area (Å²) in [5.41, 5.74) is 1.86. The lowest BCUT2D eigenvalue weighted by atomic mass is 10.0. The lowest BCUT2D eigenvalue weighted by Crippen LogP contribution is -2.11. The first-order valence-corrected chi connectivity index (χ1v) is 14.0. The molecule has 4 heterocycles. The molecule has 2 aliphatic heterocycles. The topological polar surface area (TPSA) is 95.6 Å². The van der Waals surface area contributed by atoms with E-state index in [1.165, 1.54) is 9.36 Å². The molecule has 8 rings (SSSR count). The fraction of sp³-hybridized carbons (Fsp3) is 0.400. The summed E-state index contributed by atoms with van der Waals surface area (Å²) in [7, 11) is 0. The Morgan fingerprint density at radius 3 is 1.29 bits per heavy atom. The molecular formula is C30H26F4N6O2. The summed E-state index contributed by atoms with van der Waals surface area (Å²) in [6.07, 6.45) is -3.70. The van der Waals surface area contributed by atoms with Crippen LogP contribution in [0.4, 0.5) is 17.6 Å². The van der Waals surface area contributed by atoms with Crippen molar-refractivity contribution in [3.05, 3.63) is 95.1 Å². The maximum Gasteiger partial charge on any atom is 0.218 e. The Morgan fingerprint density at radius 2 is 0.952 bits per heavy atom. The minimum absolute atomic E-state index is 0.0570. The molecular weight excluding hydrogens is 552 g/mol. The van der Waals surface area contributed by atoms with Crippen LogP contribution in [0.25, 0.3) is 0 Å². The molecule has 2 aromatic carbocycles. The SMILES string of the molecule is O=C(c1nc2n(n1)[C@H](c1ccccc1)C[C@@H]2F)[C@@H]1C[C@@H]1F.O=C(c1nc2n(n1)[C@H](c1ccccc1)C[C@@H]2F)[C@H]1C[C@H]1F. The van der Waals surface area contributed by atoms with Crippen LogP contribution in [0.5, 0.6) is 0 Å². The maximum atomic E-state index is 14.1. The van der Waals surface area contributed by atoms with Gasteiger partial charge >= 0.3 is 0 Å². The van der Waals surface area contributed by atoms with Crippen LogP contribution in [0.1, 0.15) is 94.1 Å². The molecule has 0 amide bonds. The van der Waals surface area contributed by atoms with Crippen molar-refractivity contribution in [2.75, 3.05) is 0 Å². The third-order valence-corrected chi connectivity index (χ3v) is 8.23.